The average molecular weight is 401 g/mol. The molecule has 0 atom stereocenters. The van der Waals surface area contributed by atoms with E-state index in [4.69, 9.17) is 4.52 Å². The summed E-state index contributed by atoms with van der Waals surface area (Å²) in [4.78, 5) is 8.32. The Hall–Kier alpha value is -1.64. The summed E-state index contributed by atoms with van der Waals surface area (Å²) in [7, 11) is 1.75. The van der Waals surface area contributed by atoms with Crippen molar-refractivity contribution in [3.8, 4) is 0 Å². The molecule has 1 aromatic heterocycles. The quantitative estimate of drug-likeness (QED) is 0.455. The molecule has 0 aliphatic rings. The highest BCUT2D eigenvalue weighted by atomic mass is 127. The molecule has 0 radical (unpaired) electrons. The summed E-state index contributed by atoms with van der Waals surface area (Å²) in [5.41, 5.74) is 1.21. The second-order valence-corrected chi connectivity index (χ2v) is 4.32. The summed E-state index contributed by atoms with van der Waals surface area (Å²) in [5.74, 6) is 2.05. The van der Waals surface area contributed by atoms with Crippen molar-refractivity contribution in [1.29, 1.82) is 0 Å². The summed E-state index contributed by atoms with van der Waals surface area (Å²) in [6.07, 6.45) is 0.673. The number of aromatic nitrogens is 2. The van der Waals surface area contributed by atoms with E-state index < -0.39 is 0 Å². The molecule has 2 N–H and O–H groups in total. The van der Waals surface area contributed by atoms with Crippen molar-refractivity contribution in [2.75, 3.05) is 13.6 Å². The molecule has 6 nitrogen and oxygen atoms in total. The highest BCUT2D eigenvalue weighted by Gasteiger charge is 2.03. The first-order chi connectivity index (χ1) is 9.78. The monoisotopic (exact) mass is 401 g/mol. The summed E-state index contributed by atoms with van der Waals surface area (Å²) < 4.78 is 5.05. The number of hydrogen-bond acceptors (Lipinski definition) is 4. The minimum Gasteiger partial charge on any atom is -0.356 e. The zero-order valence-electron chi connectivity index (χ0n) is 12.2. The summed E-state index contributed by atoms with van der Waals surface area (Å²) in [5, 5.41) is 10.2. The summed E-state index contributed by atoms with van der Waals surface area (Å²) in [6, 6.07) is 10.2. The SMILES string of the molecule is CN=C(NCCc1nc(C)no1)NCc1ccccc1.I. The number of benzene rings is 1. The Morgan fingerprint density at radius 1 is 1.24 bits per heavy atom. The largest absolute Gasteiger partial charge is 0.356 e. The Morgan fingerprint density at radius 2 is 2.00 bits per heavy atom. The Balaban J connectivity index is 0.00000220. The maximum absolute atomic E-state index is 5.05. The number of nitrogens with one attached hydrogen (secondary N) is 2. The van der Waals surface area contributed by atoms with E-state index in [1.165, 1.54) is 5.56 Å². The smallest absolute Gasteiger partial charge is 0.228 e. The van der Waals surface area contributed by atoms with Gasteiger partial charge >= 0.3 is 0 Å². The highest BCUT2D eigenvalue weighted by molar-refractivity contribution is 14.0. The van der Waals surface area contributed by atoms with Gasteiger partial charge in [-0.3, -0.25) is 4.99 Å². The van der Waals surface area contributed by atoms with Gasteiger partial charge < -0.3 is 15.2 Å². The molecular formula is C14H20IN5O. The van der Waals surface area contributed by atoms with E-state index in [0.29, 0.717) is 24.7 Å². The Morgan fingerprint density at radius 3 is 2.62 bits per heavy atom. The molecule has 0 aliphatic heterocycles. The number of rotatable bonds is 5. The van der Waals surface area contributed by atoms with Crippen LogP contribution < -0.4 is 10.6 Å². The molecular weight excluding hydrogens is 381 g/mol. The molecule has 21 heavy (non-hydrogen) atoms. The van der Waals surface area contributed by atoms with Crippen LogP contribution in [0.25, 0.3) is 0 Å². The zero-order valence-corrected chi connectivity index (χ0v) is 14.5. The van der Waals surface area contributed by atoms with Gasteiger partial charge in [0.15, 0.2) is 11.8 Å². The van der Waals surface area contributed by atoms with Crippen molar-refractivity contribution in [2.24, 2.45) is 4.99 Å². The maximum atomic E-state index is 5.05. The van der Waals surface area contributed by atoms with Gasteiger partial charge in [-0.25, -0.2) is 0 Å². The zero-order chi connectivity index (χ0) is 14.2. The van der Waals surface area contributed by atoms with Crippen molar-refractivity contribution >= 4 is 29.9 Å². The van der Waals surface area contributed by atoms with E-state index in [9.17, 15) is 0 Å². The molecule has 0 aliphatic carbocycles. The molecule has 0 amide bonds. The van der Waals surface area contributed by atoms with E-state index in [2.05, 4.69) is 37.9 Å². The van der Waals surface area contributed by atoms with Gasteiger partial charge in [-0.1, -0.05) is 35.5 Å². The van der Waals surface area contributed by atoms with Crippen LogP contribution in [-0.4, -0.2) is 29.7 Å². The first kappa shape index (κ1) is 17.4. The molecule has 2 rings (SSSR count). The van der Waals surface area contributed by atoms with E-state index in [1.54, 1.807) is 14.0 Å². The molecule has 1 heterocycles. The van der Waals surface area contributed by atoms with Gasteiger partial charge in [-0.05, 0) is 12.5 Å². The average Bonchev–Trinajstić information content (AvgIpc) is 2.89. The first-order valence-electron chi connectivity index (χ1n) is 6.55. The number of halogens is 1. The van der Waals surface area contributed by atoms with Crippen molar-refractivity contribution < 1.29 is 4.52 Å². The summed E-state index contributed by atoms with van der Waals surface area (Å²) >= 11 is 0. The standard InChI is InChI=1S/C14H19N5O.HI/c1-11-18-13(20-19-11)8-9-16-14(15-2)17-10-12-6-4-3-5-7-12;/h3-7H,8-10H2,1-2H3,(H2,15,16,17);1H. The fraction of sp³-hybridized carbons (Fsp3) is 0.357. The second-order valence-electron chi connectivity index (χ2n) is 4.32. The van der Waals surface area contributed by atoms with Gasteiger partial charge in [0.25, 0.3) is 0 Å². The van der Waals surface area contributed by atoms with E-state index in [1.807, 2.05) is 18.2 Å². The van der Waals surface area contributed by atoms with Gasteiger partial charge in [0, 0.05) is 26.6 Å². The molecule has 0 bridgehead atoms. The molecule has 0 saturated carbocycles. The van der Waals surface area contributed by atoms with Crippen LogP contribution in [0.4, 0.5) is 0 Å². The number of aryl methyl sites for hydroxylation is 1. The molecule has 0 unspecified atom stereocenters. The van der Waals surface area contributed by atoms with Gasteiger partial charge in [-0.15, -0.1) is 24.0 Å². The fourth-order valence-corrected chi connectivity index (χ4v) is 1.73. The Bertz CT molecular complexity index is 556. The molecule has 7 heteroatoms. The second kappa shape index (κ2) is 9.32. The van der Waals surface area contributed by atoms with Crippen molar-refractivity contribution in [3.63, 3.8) is 0 Å². The van der Waals surface area contributed by atoms with Crippen LogP contribution in [0.5, 0.6) is 0 Å². The van der Waals surface area contributed by atoms with Crippen molar-refractivity contribution in [2.45, 2.75) is 19.9 Å². The lowest BCUT2D eigenvalue weighted by molar-refractivity contribution is 0.374. The minimum absolute atomic E-state index is 0. The molecule has 2 aromatic rings. The van der Waals surface area contributed by atoms with Crippen LogP contribution in [0.3, 0.4) is 0 Å². The molecule has 0 saturated heterocycles. The number of hydrogen-bond donors (Lipinski definition) is 2. The lowest BCUT2D eigenvalue weighted by Gasteiger charge is -2.11. The molecule has 0 fully saturated rings. The Kier molecular flexibility index (Phi) is 7.73. The van der Waals surface area contributed by atoms with Gasteiger partial charge in [0.2, 0.25) is 5.89 Å². The van der Waals surface area contributed by atoms with Gasteiger partial charge in [-0.2, -0.15) is 4.98 Å². The number of guanidine groups is 1. The maximum Gasteiger partial charge on any atom is 0.228 e. The van der Waals surface area contributed by atoms with Crippen molar-refractivity contribution in [3.05, 3.63) is 47.6 Å². The normalized spacial score (nSPS) is 10.9. The highest BCUT2D eigenvalue weighted by Crippen LogP contribution is 1.97. The van der Waals surface area contributed by atoms with Crippen LogP contribution in [0.1, 0.15) is 17.3 Å². The number of aliphatic imine (C=N–C) groups is 1. The van der Waals surface area contributed by atoms with Gasteiger partial charge in [0.05, 0.1) is 0 Å². The van der Waals surface area contributed by atoms with E-state index >= 15 is 0 Å². The Labute approximate surface area is 141 Å². The number of nitrogens with zero attached hydrogens (tertiary/aromatic N) is 3. The third-order valence-electron chi connectivity index (χ3n) is 2.73. The van der Waals surface area contributed by atoms with Crippen LogP contribution in [0.2, 0.25) is 0 Å². The lowest BCUT2D eigenvalue weighted by atomic mass is 10.2. The third-order valence-corrected chi connectivity index (χ3v) is 2.73. The molecule has 0 spiro atoms. The lowest BCUT2D eigenvalue weighted by Crippen LogP contribution is -2.37. The summed E-state index contributed by atoms with van der Waals surface area (Å²) in [6.45, 7) is 3.23. The van der Waals surface area contributed by atoms with Crippen LogP contribution >= 0.6 is 24.0 Å². The minimum atomic E-state index is 0. The first-order valence-corrected chi connectivity index (χ1v) is 6.55. The topological polar surface area (TPSA) is 75.3 Å². The van der Waals surface area contributed by atoms with E-state index in [0.717, 1.165) is 12.5 Å². The predicted octanol–water partition coefficient (Wildman–Crippen LogP) is 1.90. The molecule has 114 valence electrons. The van der Waals surface area contributed by atoms with Crippen LogP contribution in [-0.2, 0) is 13.0 Å². The fourth-order valence-electron chi connectivity index (χ4n) is 1.73. The third kappa shape index (κ3) is 6.11. The van der Waals surface area contributed by atoms with E-state index in [-0.39, 0.29) is 24.0 Å². The van der Waals surface area contributed by atoms with Crippen LogP contribution in [0.15, 0.2) is 39.8 Å². The van der Waals surface area contributed by atoms with Gasteiger partial charge in [0.1, 0.15) is 0 Å². The molecule has 1 aromatic carbocycles. The van der Waals surface area contributed by atoms with Crippen molar-refractivity contribution in [1.82, 2.24) is 20.8 Å². The van der Waals surface area contributed by atoms with Crippen LogP contribution in [0, 0.1) is 6.92 Å². The predicted molar refractivity (Wildman–Crippen MR) is 92.8 cm³/mol.